The van der Waals surface area contributed by atoms with Gasteiger partial charge >= 0.3 is 0 Å². The molecule has 5 aromatic rings. The first-order valence-electron chi connectivity index (χ1n) is 11.0. The summed E-state index contributed by atoms with van der Waals surface area (Å²) >= 11 is 1.68. The smallest absolute Gasteiger partial charge is 0.255 e. The average molecular weight is 479 g/mol. The SMILES string of the molecule is Cc1nc(Nc2ccc(NC(=O)c3ccc(-c4cccs4)cc3)cc2)cc(Nc2ccccn2)n1. The fraction of sp³-hybridized carbons (Fsp3) is 0.0370. The zero-order valence-electron chi connectivity index (χ0n) is 18.9. The molecule has 3 aromatic heterocycles. The molecule has 0 unspecified atom stereocenters. The molecule has 35 heavy (non-hydrogen) atoms. The summed E-state index contributed by atoms with van der Waals surface area (Å²) in [5.74, 6) is 2.48. The lowest BCUT2D eigenvalue weighted by molar-refractivity contribution is 0.102. The van der Waals surface area contributed by atoms with Gasteiger partial charge in [-0.3, -0.25) is 4.79 Å². The zero-order valence-corrected chi connectivity index (χ0v) is 19.7. The van der Waals surface area contributed by atoms with E-state index in [1.807, 2.05) is 91.2 Å². The van der Waals surface area contributed by atoms with Crippen molar-refractivity contribution >= 4 is 46.1 Å². The van der Waals surface area contributed by atoms with E-state index in [-0.39, 0.29) is 5.91 Å². The van der Waals surface area contributed by atoms with Crippen LogP contribution in [0.25, 0.3) is 10.4 Å². The van der Waals surface area contributed by atoms with E-state index in [2.05, 4.69) is 37.0 Å². The van der Waals surface area contributed by atoms with Crippen LogP contribution in [-0.2, 0) is 0 Å². The Bertz CT molecular complexity index is 1420. The first-order valence-corrected chi connectivity index (χ1v) is 11.9. The maximum atomic E-state index is 12.7. The fourth-order valence-corrected chi connectivity index (χ4v) is 4.21. The van der Waals surface area contributed by atoms with Crippen LogP contribution >= 0.6 is 11.3 Å². The molecule has 0 fully saturated rings. The van der Waals surface area contributed by atoms with Crippen molar-refractivity contribution < 1.29 is 4.79 Å². The standard InChI is InChI=1S/C27H22N6OS/c1-18-29-25(17-26(30-18)33-24-6-2-3-15-28-24)31-21-11-13-22(14-12-21)32-27(34)20-9-7-19(8-10-20)23-5-4-16-35-23/h2-17H,1H3,(H,32,34)(H2,28,29,30,31,33). The molecule has 8 heteroatoms. The molecule has 0 bridgehead atoms. The first kappa shape index (κ1) is 22.2. The third kappa shape index (κ3) is 5.69. The summed E-state index contributed by atoms with van der Waals surface area (Å²) in [6.07, 6.45) is 1.72. The number of thiophene rings is 1. The largest absolute Gasteiger partial charge is 0.340 e. The van der Waals surface area contributed by atoms with Crippen molar-refractivity contribution in [1.82, 2.24) is 15.0 Å². The Morgan fingerprint density at radius 3 is 2.20 bits per heavy atom. The molecule has 0 aliphatic heterocycles. The predicted molar refractivity (Wildman–Crippen MR) is 142 cm³/mol. The van der Waals surface area contributed by atoms with Crippen molar-refractivity contribution in [2.24, 2.45) is 0 Å². The summed E-state index contributed by atoms with van der Waals surface area (Å²) in [4.78, 5) is 27.0. The Morgan fingerprint density at radius 2 is 1.51 bits per heavy atom. The molecular weight excluding hydrogens is 456 g/mol. The summed E-state index contributed by atoms with van der Waals surface area (Å²) in [5, 5.41) is 11.4. The van der Waals surface area contributed by atoms with E-state index < -0.39 is 0 Å². The van der Waals surface area contributed by atoms with E-state index >= 15 is 0 Å². The van der Waals surface area contributed by atoms with Gasteiger partial charge in [0.15, 0.2) is 0 Å². The number of nitrogens with zero attached hydrogens (tertiary/aromatic N) is 3. The van der Waals surface area contributed by atoms with E-state index in [1.165, 1.54) is 4.88 Å². The van der Waals surface area contributed by atoms with Gasteiger partial charge in [-0.1, -0.05) is 24.3 Å². The highest BCUT2D eigenvalue weighted by Gasteiger charge is 2.08. The summed E-state index contributed by atoms with van der Waals surface area (Å²) < 4.78 is 0. The second kappa shape index (κ2) is 10.1. The van der Waals surface area contributed by atoms with Crippen LogP contribution in [0.15, 0.2) is 96.5 Å². The van der Waals surface area contributed by atoms with Crippen molar-refractivity contribution in [3.63, 3.8) is 0 Å². The van der Waals surface area contributed by atoms with Crippen LogP contribution in [-0.4, -0.2) is 20.9 Å². The maximum Gasteiger partial charge on any atom is 0.255 e. The minimum absolute atomic E-state index is 0.153. The Morgan fingerprint density at radius 1 is 0.771 bits per heavy atom. The van der Waals surface area contributed by atoms with Crippen molar-refractivity contribution in [1.29, 1.82) is 0 Å². The van der Waals surface area contributed by atoms with Crippen LogP contribution < -0.4 is 16.0 Å². The summed E-state index contributed by atoms with van der Waals surface area (Å²) in [6, 6.07) is 26.6. The molecule has 1 amide bonds. The van der Waals surface area contributed by atoms with E-state index in [0.29, 0.717) is 34.5 Å². The Kier molecular flexibility index (Phi) is 6.45. The number of anilines is 5. The van der Waals surface area contributed by atoms with Gasteiger partial charge in [0.2, 0.25) is 0 Å². The van der Waals surface area contributed by atoms with Crippen LogP contribution in [0.5, 0.6) is 0 Å². The van der Waals surface area contributed by atoms with Gasteiger partial charge in [0.05, 0.1) is 0 Å². The van der Waals surface area contributed by atoms with Gasteiger partial charge in [0.1, 0.15) is 23.3 Å². The van der Waals surface area contributed by atoms with Crippen molar-refractivity contribution in [2.75, 3.05) is 16.0 Å². The molecule has 3 N–H and O–H groups in total. The number of aryl methyl sites for hydroxylation is 1. The summed E-state index contributed by atoms with van der Waals surface area (Å²) in [5.41, 5.74) is 3.26. The number of pyridine rings is 1. The molecule has 2 aromatic carbocycles. The highest BCUT2D eigenvalue weighted by molar-refractivity contribution is 7.13. The normalized spacial score (nSPS) is 10.5. The average Bonchev–Trinajstić information content (AvgIpc) is 3.41. The van der Waals surface area contributed by atoms with Crippen molar-refractivity contribution in [3.05, 3.63) is 108 Å². The van der Waals surface area contributed by atoms with E-state index in [9.17, 15) is 4.79 Å². The van der Waals surface area contributed by atoms with Gasteiger partial charge in [0.25, 0.3) is 5.91 Å². The molecular formula is C27H22N6OS. The van der Waals surface area contributed by atoms with Gasteiger partial charge in [-0.15, -0.1) is 11.3 Å². The van der Waals surface area contributed by atoms with Crippen LogP contribution in [0, 0.1) is 6.92 Å². The van der Waals surface area contributed by atoms with Gasteiger partial charge in [-0.05, 0) is 72.5 Å². The number of nitrogens with one attached hydrogen (secondary N) is 3. The minimum atomic E-state index is -0.153. The lowest BCUT2D eigenvalue weighted by Gasteiger charge is -2.11. The maximum absolute atomic E-state index is 12.7. The third-order valence-electron chi connectivity index (χ3n) is 5.13. The highest BCUT2D eigenvalue weighted by Crippen LogP contribution is 2.25. The molecule has 0 saturated heterocycles. The lowest BCUT2D eigenvalue weighted by atomic mass is 10.1. The van der Waals surface area contributed by atoms with Gasteiger partial charge in [-0.25, -0.2) is 15.0 Å². The van der Waals surface area contributed by atoms with Gasteiger partial charge in [0, 0.05) is 34.1 Å². The molecule has 0 radical (unpaired) electrons. The number of carbonyl (C=O) groups is 1. The predicted octanol–water partition coefficient (Wildman–Crippen LogP) is 6.65. The Hall–Kier alpha value is -4.56. The molecule has 0 aliphatic rings. The van der Waals surface area contributed by atoms with Crippen molar-refractivity contribution in [2.45, 2.75) is 6.92 Å². The number of amides is 1. The fourth-order valence-electron chi connectivity index (χ4n) is 3.48. The Labute approximate surface area is 207 Å². The van der Waals surface area contributed by atoms with Crippen LogP contribution in [0.2, 0.25) is 0 Å². The number of carbonyl (C=O) groups excluding carboxylic acids is 1. The second-order valence-corrected chi connectivity index (χ2v) is 8.68. The molecule has 3 heterocycles. The summed E-state index contributed by atoms with van der Waals surface area (Å²) in [6.45, 7) is 1.83. The monoisotopic (exact) mass is 478 g/mol. The van der Waals surface area contributed by atoms with Crippen LogP contribution in [0.1, 0.15) is 16.2 Å². The highest BCUT2D eigenvalue weighted by atomic mass is 32.1. The summed E-state index contributed by atoms with van der Waals surface area (Å²) in [7, 11) is 0. The molecule has 7 nitrogen and oxygen atoms in total. The molecule has 0 atom stereocenters. The van der Waals surface area contributed by atoms with E-state index in [1.54, 1.807) is 17.5 Å². The second-order valence-electron chi connectivity index (χ2n) is 7.74. The van der Waals surface area contributed by atoms with Crippen LogP contribution in [0.4, 0.5) is 28.8 Å². The number of benzene rings is 2. The number of hydrogen-bond acceptors (Lipinski definition) is 7. The molecule has 5 rings (SSSR count). The van der Waals surface area contributed by atoms with Crippen molar-refractivity contribution in [3.8, 4) is 10.4 Å². The number of hydrogen-bond donors (Lipinski definition) is 3. The lowest BCUT2D eigenvalue weighted by Crippen LogP contribution is -2.11. The molecule has 172 valence electrons. The topological polar surface area (TPSA) is 91.8 Å². The molecule has 0 saturated carbocycles. The zero-order chi connectivity index (χ0) is 24.0. The number of aromatic nitrogens is 3. The van der Waals surface area contributed by atoms with Crippen LogP contribution in [0.3, 0.4) is 0 Å². The molecule has 0 aliphatic carbocycles. The van der Waals surface area contributed by atoms with Gasteiger partial charge in [-0.2, -0.15) is 0 Å². The Balaban J connectivity index is 1.22. The quantitative estimate of drug-likeness (QED) is 0.243. The molecule has 0 spiro atoms. The van der Waals surface area contributed by atoms with E-state index in [0.717, 1.165) is 11.3 Å². The number of rotatable bonds is 7. The van der Waals surface area contributed by atoms with Gasteiger partial charge < -0.3 is 16.0 Å². The minimum Gasteiger partial charge on any atom is -0.340 e. The first-order chi connectivity index (χ1) is 17.1. The third-order valence-corrected chi connectivity index (χ3v) is 6.05. The van der Waals surface area contributed by atoms with E-state index in [4.69, 9.17) is 0 Å².